The molecule has 8 heteroatoms. The van der Waals surface area contributed by atoms with Gasteiger partial charge in [0.05, 0.1) is 12.6 Å². The molecule has 0 aliphatic carbocycles. The van der Waals surface area contributed by atoms with Gasteiger partial charge in [0.1, 0.15) is 11.2 Å². The van der Waals surface area contributed by atoms with Crippen molar-refractivity contribution in [2.75, 3.05) is 13.2 Å². The van der Waals surface area contributed by atoms with E-state index in [1.54, 1.807) is 48.5 Å². The Kier molecular flexibility index (Phi) is 6.68. The van der Waals surface area contributed by atoms with Crippen LogP contribution in [0.1, 0.15) is 54.9 Å². The van der Waals surface area contributed by atoms with Crippen molar-refractivity contribution in [1.29, 1.82) is 0 Å². The van der Waals surface area contributed by atoms with E-state index < -0.39 is 41.4 Å². The van der Waals surface area contributed by atoms with Crippen LogP contribution >= 0.6 is 0 Å². The largest absolute Gasteiger partial charge is 0.464 e. The summed E-state index contributed by atoms with van der Waals surface area (Å²) in [5, 5.41) is 2.66. The number of likely N-dealkylation sites (tertiary alicyclic amines) is 1. The van der Waals surface area contributed by atoms with E-state index in [1.165, 1.54) is 4.90 Å². The molecule has 2 unspecified atom stereocenters. The number of esters is 1. The van der Waals surface area contributed by atoms with E-state index >= 15 is 0 Å². The SMILES string of the molecule is CCOC(=O)C1C(NC(=O)OC(C)(C)C)CCN1C(=O)OC(C)(C)C. The lowest BCUT2D eigenvalue weighted by Gasteiger charge is -2.29. The number of nitrogens with one attached hydrogen (secondary N) is 1. The molecule has 1 aliphatic rings. The predicted molar refractivity (Wildman–Crippen MR) is 91.1 cm³/mol. The Morgan fingerprint density at radius 2 is 1.60 bits per heavy atom. The van der Waals surface area contributed by atoms with Crippen LogP contribution in [0.25, 0.3) is 0 Å². The van der Waals surface area contributed by atoms with Crippen molar-refractivity contribution in [2.24, 2.45) is 0 Å². The second-order valence-electron chi connectivity index (χ2n) is 7.91. The summed E-state index contributed by atoms with van der Waals surface area (Å²) in [6.45, 7) is 12.6. The molecule has 0 aromatic rings. The lowest BCUT2D eigenvalue weighted by molar-refractivity contribution is -0.148. The average molecular weight is 358 g/mol. The molecule has 0 saturated carbocycles. The molecule has 0 aromatic carbocycles. The third-order valence-corrected chi connectivity index (χ3v) is 3.26. The molecule has 0 spiro atoms. The first kappa shape index (κ1) is 21.1. The molecule has 2 amide bonds. The molecular weight excluding hydrogens is 328 g/mol. The average Bonchev–Trinajstić information content (AvgIpc) is 2.78. The van der Waals surface area contributed by atoms with Crippen LogP contribution in [0, 0.1) is 0 Å². The number of amides is 2. The van der Waals surface area contributed by atoms with Gasteiger partial charge in [-0.3, -0.25) is 4.90 Å². The Morgan fingerprint density at radius 1 is 1.04 bits per heavy atom. The molecule has 0 aromatic heterocycles. The third-order valence-electron chi connectivity index (χ3n) is 3.26. The zero-order valence-electron chi connectivity index (χ0n) is 16.2. The molecule has 8 nitrogen and oxygen atoms in total. The topological polar surface area (TPSA) is 94.2 Å². The van der Waals surface area contributed by atoms with Crippen LogP contribution in [0.3, 0.4) is 0 Å². The van der Waals surface area contributed by atoms with Crippen LogP contribution in [0.5, 0.6) is 0 Å². The van der Waals surface area contributed by atoms with E-state index in [9.17, 15) is 14.4 Å². The highest BCUT2D eigenvalue weighted by Gasteiger charge is 2.45. The highest BCUT2D eigenvalue weighted by Crippen LogP contribution is 2.23. The van der Waals surface area contributed by atoms with Gasteiger partial charge in [0.15, 0.2) is 6.04 Å². The van der Waals surface area contributed by atoms with Gasteiger partial charge in [-0.25, -0.2) is 14.4 Å². The minimum absolute atomic E-state index is 0.177. The summed E-state index contributed by atoms with van der Waals surface area (Å²) in [5.41, 5.74) is -1.35. The van der Waals surface area contributed by atoms with Crippen molar-refractivity contribution >= 4 is 18.2 Å². The van der Waals surface area contributed by atoms with Crippen molar-refractivity contribution in [3.63, 3.8) is 0 Å². The quantitative estimate of drug-likeness (QED) is 0.615. The zero-order valence-corrected chi connectivity index (χ0v) is 16.2. The molecule has 25 heavy (non-hydrogen) atoms. The number of hydrogen-bond donors (Lipinski definition) is 1. The Morgan fingerprint density at radius 3 is 2.08 bits per heavy atom. The van der Waals surface area contributed by atoms with Crippen molar-refractivity contribution in [3.05, 3.63) is 0 Å². The van der Waals surface area contributed by atoms with E-state index in [2.05, 4.69) is 5.32 Å². The standard InChI is InChI=1S/C17H30N2O6/c1-8-23-13(20)12-11(18-14(21)24-16(2,3)4)9-10-19(12)15(22)25-17(5,6)7/h11-12H,8-10H2,1-7H3,(H,18,21). The third kappa shape index (κ3) is 6.80. The maximum Gasteiger partial charge on any atom is 0.411 e. The summed E-state index contributed by atoms with van der Waals surface area (Å²) >= 11 is 0. The summed E-state index contributed by atoms with van der Waals surface area (Å²) in [4.78, 5) is 38.1. The molecule has 144 valence electrons. The van der Waals surface area contributed by atoms with Crippen LogP contribution in [-0.4, -0.2) is 59.5 Å². The van der Waals surface area contributed by atoms with Gasteiger partial charge in [-0.1, -0.05) is 0 Å². The summed E-state index contributed by atoms with van der Waals surface area (Å²) in [6.07, 6.45) is -0.848. The van der Waals surface area contributed by atoms with Crippen LogP contribution in [0.15, 0.2) is 0 Å². The number of hydrogen-bond acceptors (Lipinski definition) is 6. The number of rotatable bonds is 3. The molecule has 1 fully saturated rings. The second-order valence-corrected chi connectivity index (χ2v) is 7.91. The second kappa shape index (κ2) is 7.93. The maximum atomic E-state index is 12.4. The van der Waals surface area contributed by atoms with Gasteiger partial charge >= 0.3 is 18.2 Å². The first-order valence-electron chi connectivity index (χ1n) is 8.50. The van der Waals surface area contributed by atoms with Crippen LogP contribution in [0.2, 0.25) is 0 Å². The molecule has 1 N–H and O–H groups in total. The fourth-order valence-corrected chi connectivity index (χ4v) is 2.45. The van der Waals surface area contributed by atoms with E-state index in [0.717, 1.165) is 0 Å². The fourth-order valence-electron chi connectivity index (χ4n) is 2.45. The van der Waals surface area contributed by atoms with Gasteiger partial charge in [-0.05, 0) is 54.9 Å². The zero-order chi connectivity index (χ0) is 19.4. The van der Waals surface area contributed by atoms with E-state index in [0.29, 0.717) is 6.42 Å². The summed E-state index contributed by atoms with van der Waals surface area (Å²) < 4.78 is 15.6. The first-order chi connectivity index (χ1) is 11.3. The van der Waals surface area contributed by atoms with E-state index in [4.69, 9.17) is 14.2 Å². The molecule has 0 radical (unpaired) electrons. The normalized spacial score (nSPS) is 20.8. The monoisotopic (exact) mass is 358 g/mol. The van der Waals surface area contributed by atoms with E-state index in [-0.39, 0.29) is 13.2 Å². The molecular formula is C17H30N2O6. The molecule has 1 heterocycles. The van der Waals surface area contributed by atoms with Gasteiger partial charge in [0.25, 0.3) is 0 Å². The number of nitrogens with zero attached hydrogens (tertiary/aromatic N) is 1. The molecule has 2 atom stereocenters. The lowest BCUT2D eigenvalue weighted by Crippen LogP contribution is -2.53. The predicted octanol–water partition coefficient (Wildman–Crippen LogP) is 2.45. The minimum Gasteiger partial charge on any atom is -0.464 e. The molecule has 1 aliphatic heterocycles. The van der Waals surface area contributed by atoms with Gasteiger partial charge in [-0.2, -0.15) is 0 Å². The van der Waals surface area contributed by atoms with Gasteiger partial charge < -0.3 is 19.5 Å². The Labute approximate surface area is 149 Å². The summed E-state index contributed by atoms with van der Waals surface area (Å²) in [5.74, 6) is -0.577. The van der Waals surface area contributed by atoms with Gasteiger partial charge in [0, 0.05) is 6.54 Å². The molecule has 0 bridgehead atoms. The highest BCUT2D eigenvalue weighted by atomic mass is 16.6. The fraction of sp³-hybridized carbons (Fsp3) is 0.824. The molecule has 1 rings (SSSR count). The number of carbonyl (C=O) groups excluding carboxylic acids is 3. The van der Waals surface area contributed by atoms with Gasteiger partial charge in [-0.15, -0.1) is 0 Å². The van der Waals surface area contributed by atoms with Crippen molar-refractivity contribution < 1.29 is 28.6 Å². The van der Waals surface area contributed by atoms with Crippen LogP contribution in [0.4, 0.5) is 9.59 Å². The number of ether oxygens (including phenoxy) is 3. The molecule has 1 saturated heterocycles. The maximum absolute atomic E-state index is 12.4. The Bertz CT molecular complexity index is 506. The minimum atomic E-state index is -0.942. The Balaban J connectivity index is 2.89. The lowest BCUT2D eigenvalue weighted by atomic mass is 10.1. The Hall–Kier alpha value is -1.99. The number of carbonyl (C=O) groups is 3. The summed E-state index contributed by atoms with van der Waals surface area (Å²) in [6, 6.07) is -1.54. The van der Waals surface area contributed by atoms with Gasteiger partial charge in [0.2, 0.25) is 0 Å². The summed E-state index contributed by atoms with van der Waals surface area (Å²) in [7, 11) is 0. The number of alkyl carbamates (subject to hydrolysis) is 1. The first-order valence-corrected chi connectivity index (χ1v) is 8.50. The van der Waals surface area contributed by atoms with Crippen LogP contribution < -0.4 is 5.32 Å². The van der Waals surface area contributed by atoms with Crippen molar-refractivity contribution in [2.45, 2.75) is 78.2 Å². The van der Waals surface area contributed by atoms with Crippen molar-refractivity contribution in [1.82, 2.24) is 10.2 Å². The smallest absolute Gasteiger partial charge is 0.411 e. The highest BCUT2D eigenvalue weighted by molar-refractivity contribution is 5.84. The van der Waals surface area contributed by atoms with Crippen LogP contribution in [-0.2, 0) is 19.0 Å². The van der Waals surface area contributed by atoms with E-state index in [1.807, 2.05) is 0 Å². The van der Waals surface area contributed by atoms with Crippen molar-refractivity contribution in [3.8, 4) is 0 Å².